The van der Waals surface area contributed by atoms with Gasteiger partial charge in [-0.25, -0.2) is 19.3 Å². The van der Waals surface area contributed by atoms with Gasteiger partial charge in [0.25, 0.3) is 5.91 Å². The van der Waals surface area contributed by atoms with Crippen molar-refractivity contribution < 1.29 is 9.18 Å². The fourth-order valence-corrected chi connectivity index (χ4v) is 5.07. The second-order valence-electron chi connectivity index (χ2n) is 6.62. The molecule has 0 spiro atoms. The van der Waals surface area contributed by atoms with E-state index in [2.05, 4.69) is 19.9 Å². The number of carbonyl (C=O) groups excluding carboxylic acids is 1. The first-order valence-corrected chi connectivity index (χ1v) is 10.8. The van der Waals surface area contributed by atoms with Crippen molar-refractivity contribution >= 4 is 44.1 Å². The van der Waals surface area contributed by atoms with Crippen LogP contribution in [0.4, 0.5) is 9.52 Å². The normalized spacial score (nSPS) is 14.5. The quantitative estimate of drug-likeness (QED) is 0.498. The summed E-state index contributed by atoms with van der Waals surface area (Å²) in [4.78, 5) is 31.1. The molecular formula is C20H16FN5OS2. The van der Waals surface area contributed by atoms with E-state index in [9.17, 15) is 9.18 Å². The number of halogens is 1. The molecule has 146 valence electrons. The van der Waals surface area contributed by atoms with E-state index >= 15 is 0 Å². The van der Waals surface area contributed by atoms with Gasteiger partial charge in [0.2, 0.25) is 0 Å². The Morgan fingerprint density at radius 3 is 2.66 bits per heavy atom. The van der Waals surface area contributed by atoms with Crippen molar-refractivity contribution in [1.29, 1.82) is 0 Å². The summed E-state index contributed by atoms with van der Waals surface area (Å²) in [6.45, 7) is 2.59. The van der Waals surface area contributed by atoms with Crippen LogP contribution in [0.3, 0.4) is 0 Å². The first kappa shape index (κ1) is 18.1. The third-order valence-electron chi connectivity index (χ3n) is 4.82. The molecule has 4 aromatic rings. The van der Waals surface area contributed by atoms with Gasteiger partial charge in [-0.2, -0.15) is 0 Å². The zero-order valence-electron chi connectivity index (χ0n) is 15.3. The molecule has 1 saturated heterocycles. The number of carbonyl (C=O) groups is 1. The molecule has 0 saturated carbocycles. The fourth-order valence-electron chi connectivity index (χ4n) is 3.29. The van der Waals surface area contributed by atoms with Gasteiger partial charge in [-0.15, -0.1) is 11.3 Å². The third-order valence-corrected chi connectivity index (χ3v) is 6.74. The van der Waals surface area contributed by atoms with E-state index < -0.39 is 0 Å². The monoisotopic (exact) mass is 425 g/mol. The van der Waals surface area contributed by atoms with Gasteiger partial charge in [-0.3, -0.25) is 4.79 Å². The maximum atomic E-state index is 14.0. The molecule has 1 amide bonds. The highest BCUT2D eigenvalue weighted by Gasteiger charge is 2.25. The Balaban J connectivity index is 1.27. The molecule has 0 atom stereocenters. The number of benzene rings is 1. The maximum Gasteiger partial charge on any atom is 0.273 e. The zero-order chi connectivity index (χ0) is 19.8. The van der Waals surface area contributed by atoms with Crippen LogP contribution in [0.5, 0.6) is 0 Å². The van der Waals surface area contributed by atoms with Crippen LogP contribution in [0.25, 0.3) is 20.9 Å². The number of amides is 1. The Morgan fingerprint density at radius 2 is 1.86 bits per heavy atom. The van der Waals surface area contributed by atoms with E-state index in [0.717, 1.165) is 15.5 Å². The number of hydrogen-bond acceptors (Lipinski definition) is 7. The maximum absolute atomic E-state index is 14.0. The van der Waals surface area contributed by atoms with Gasteiger partial charge in [0.05, 0.1) is 0 Å². The first-order valence-electron chi connectivity index (χ1n) is 9.15. The lowest BCUT2D eigenvalue weighted by Crippen LogP contribution is -2.48. The predicted molar refractivity (Wildman–Crippen MR) is 113 cm³/mol. The highest BCUT2D eigenvalue weighted by molar-refractivity contribution is 7.21. The minimum atomic E-state index is -0.334. The molecule has 1 aliphatic heterocycles. The van der Waals surface area contributed by atoms with E-state index in [1.807, 2.05) is 12.1 Å². The summed E-state index contributed by atoms with van der Waals surface area (Å²) in [5.41, 5.74) is 1.69. The third kappa shape index (κ3) is 3.47. The number of rotatable bonds is 3. The number of piperazine rings is 1. The molecule has 6 nitrogen and oxygen atoms in total. The molecule has 0 aliphatic carbocycles. The number of nitrogens with zero attached hydrogens (tertiary/aromatic N) is 5. The van der Waals surface area contributed by atoms with Crippen LogP contribution in [-0.4, -0.2) is 51.9 Å². The minimum Gasteiger partial charge on any atom is -0.344 e. The molecule has 29 heavy (non-hydrogen) atoms. The molecule has 1 fully saturated rings. The average molecular weight is 426 g/mol. The molecule has 0 N–H and O–H groups in total. The summed E-state index contributed by atoms with van der Waals surface area (Å²) in [7, 11) is 0. The number of hydrogen-bond donors (Lipinski definition) is 0. The van der Waals surface area contributed by atoms with Crippen molar-refractivity contribution in [3.63, 3.8) is 0 Å². The molecule has 0 unspecified atom stereocenters. The van der Waals surface area contributed by atoms with Crippen molar-refractivity contribution in [3.8, 4) is 10.6 Å². The van der Waals surface area contributed by atoms with Crippen LogP contribution in [0.1, 0.15) is 10.5 Å². The molecule has 0 radical (unpaired) electrons. The van der Waals surface area contributed by atoms with E-state index in [0.29, 0.717) is 42.4 Å². The van der Waals surface area contributed by atoms with Gasteiger partial charge in [0.1, 0.15) is 26.9 Å². The Morgan fingerprint density at radius 1 is 1.03 bits per heavy atom. The van der Waals surface area contributed by atoms with Gasteiger partial charge in [0, 0.05) is 43.3 Å². The summed E-state index contributed by atoms with van der Waals surface area (Å²) in [5, 5.41) is 3.16. The Labute approximate surface area is 174 Å². The van der Waals surface area contributed by atoms with Crippen LogP contribution in [0, 0.1) is 5.82 Å². The van der Waals surface area contributed by atoms with E-state index in [1.54, 1.807) is 46.0 Å². The first-order chi connectivity index (χ1) is 14.2. The van der Waals surface area contributed by atoms with Gasteiger partial charge >= 0.3 is 0 Å². The van der Waals surface area contributed by atoms with Gasteiger partial charge in [-0.1, -0.05) is 23.5 Å². The van der Waals surface area contributed by atoms with E-state index in [-0.39, 0.29) is 11.7 Å². The highest BCUT2D eigenvalue weighted by Crippen LogP contribution is 2.29. The number of aromatic nitrogens is 3. The van der Waals surface area contributed by atoms with Crippen molar-refractivity contribution in [2.75, 3.05) is 31.1 Å². The van der Waals surface area contributed by atoms with Crippen LogP contribution >= 0.6 is 22.7 Å². The second kappa shape index (κ2) is 7.49. The molecule has 1 aromatic carbocycles. The van der Waals surface area contributed by atoms with Crippen LogP contribution in [0.2, 0.25) is 0 Å². The number of fused-ring (bicyclic) bond motifs is 1. The molecule has 0 bridgehead atoms. The largest absolute Gasteiger partial charge is 0.344 e. The molecule has 4 heterocycles. The smallest absolute Gasteiger partial charge is 0.273 e. The summed E-state index contributed by atoms with van der Waals surface area (Å²) < 4.78 is 14.0. The molecule has 3 aromatic heterocycles. The number of pyridine rings is 1. The molecule has 9 heteroatoms. The Hall–Kier alpha value is -2.91. The van der Waals surface area contributed by atoms with Crippen LogP contribution in [-0.2, 0) is 0 Å². The molecule has 5 rings (SSSR count). The number of anilines is 1. The van der Waals surface area contributed by atoms with Gasteiger partial charge in [0.15, 0.2) is 5.13 Å². The Kier molecular flexibility index (Phi) is 4.69. The molecular weight excluding hydrogens is 409 g/mol. The zero-order valence-corrected chi connectivity index (χ0v) is 16.9. The SMILES string of the molecule is O=C(c1csc(-c2ccccc2F)n1)N1CCN(c2nc3cccnc3s2)CC1. The molecule has 1 aliphatic rings. The minimum absolute atomic E-state index is 0.116. The van der Waals surface area contributed by atoms with E-state index in [4.69, 9.17) is 0 Å². The predicted octanol–water partition coefficient (Wildman–Crippen LogP) is 3.92. The topological polar surface area (TPSA) is 62.2 Å². The standard InChI is InChI=1S/C20H16FN5OS2/c21-14-5-2-1-4-13(14)17-23-16(12-28-17)19(27)25-8-10-26(11-9-25)20-24-15-6-3-7-22-18(15)29-20/h1-7,12H,8-11H2. The summed E-state index contributed by atoms with van der Waals surface area (Å²) in [5.74, 6) is -0.450. The van der Waals surface area contributed by atoms with Gasteiger partial charge < -0.3 is 9.80 Å². The second-order valence-corrected chi connectivity index (χ2v) is 8.44. The average Bonchev–Trinajstić information content (AvgIpc) is 3.41. The van der Waals surface area contributed by atoms with Crippen LogP contribution < -0.4 is 4.90 Å². The van der Waals surface area contributed by atoms with E-state index in [1.165, 1.54) is 17.4 Å². The van der Waals surface area contributed by atoms with Crippen molar-refractivity contribution in [1.82, 2.24) is 19.9 Å². The van der Waals surface area contributed by atoms with Crippen LogP contribution in [0.15, 0.2) is 48.0 Å². The summed E-state index contributed by atoms with van der Waals surface area (Å²) in [6, 6.07) is 10.3. The lowest BCUT2D eigenvalue weighted by molar-refractivity contribution is 0.0741. The summed E-state index contributed by atoms with van der Waals surface area (Å²) in [6.07, 6.45) is 1.77. The van der Waals surface area contributed by atoms with Crippen molar-refractivity contribution in [3.05, 3.63) is 59.5 Å². The lowest BCUT2D eigenvalue weighted by atomic mass is 10.2. The number of thiazole rings is 2. The highest BCUT2D eigenvalue weighted by atomic mass is 32.1. The summed E-state index contributed by atoms with van der Waals surface area (Å²) >= 11 is 2.85. The lowest BCUT2D eigenvalue weighted by Gasteiger charge is -2.34. The Bertz CT molecular complexity index is 1150. The van der Waals surface area contributed by atoms with Crippen molar-refractivity contribution in [2.24, 2.45) is 0 Å². The van der Waals surface area contributed by atoms with Gasteiger partial charge in [-0.05, 0) is 24.3 Å². The fraction of sp³-hybridized carbons (Fsp3) is 0.200. The van der Waals surface area contributed by atoms with Crippen molar-refractivity contribution in [2.45, 2.75) is 0 Å².